The molecule has 1 aromatic heterocycles. The van der Waals surface area contributed by atoms with Crippen molar-refractivity contribution in [1.82, 2.24) is 4.98 Å². The number of esters is 1. The van der Waals surface area contributed by atoms with Crippen LogP contribution in [0.1, 0.15) is 71.5 Å². The number of hydrogen-bond donors (Lipinski definition) is 2. The van der Waals surface area contributed by atoms with Gasteiger partial charge in [-0.15, -0.1) is 11.3 Å². The summed E-state index contributed by atoms with van der Waals surface area (Å²) in [5.74, 6) is -1.06. The molecule has 1 fully saturated rings. The van der Waals surface area contributed by atoms with Crippen LogP contribution >= 0.6 is 11.3 Å². The summed E-state index contributed by atoms with van der Waals surface area (Å²) in [6, 6.07) is 0. The second kappa shape index (κ2) is 11.0. The number of nitrogens with zero attached hydrogens (tertiary/aromatic N) is 1. The molecule has 2 bridgehead atoms. The molecular weight excluding hydrogens is 466 g/mol. The van der Waals surface area contributed by atoms with E-state index in [1.807, 2.05) is 45.2 Å². The maximum absolute atomic E-state index is 13.4. The highest BCUT2D eigenvalue weighted by Gasteiger charge is 2.45. The Balaban J connectivity index is 1.95. The van der Waals surface area contributed by atoms with Crippen molar-refractivity contribution in [3.8, 4) is 0 Å². The highest BCUT2D eigenvalue weighted by molar-refractivity contribution is 7.09. The maximum atomic E-state index is 13.4. The number of fused-ring (bicyclic) bond motifs is 2. The first-order valence-electron chi connectivity index (χ1n) is 12.3. The van der Waals surface area contributed by atoms with E-state index in [0.717, 1.165) is 28.3 Å². The second-order valence-corrected chi connectivity index (χ2v) is 11.8. The highest BCUT2D eigenvalue weighted by atomic mass is 32.1. The van der Waals surface area contributed by atoms with Gasteiger partial charge in [-0.2, -0.15) is 0 Å². The van der Waals surface area contributed by atoms with Crippen molar-refractivity contribution in [3.05, 3.63) is 33.3 Å². The Hall–Kier alpha value is -1.87. The largest absolute Gasteiger partial charge is 0.458 e. The van der Waals surface area contributed by atoms with Gasteiger partial charge in [0.15, 0.2) is 0 Å². The summed E-state index contributed by atoms with van der Waals surface area (Å²) in [4.78, 5) is 30.7. The summed E-state index contributed by atoms with van der Waals surface area (Å²) in [5.41, 5.74) is 1.09. The van der Waals surface area contributed by atoms with Gasteiger partial charge >= 0.3 is 5.97 Å². The minimum atomic E-state index is -1.21. The molecule has 2 N–H and O–H groups in total. The van der Waals surface area contributed by atoms with E-state index in [1.54, 1.807) is 13.8 Å². The number of carbonyl (C=O) groups excluding carboxylic acids is 2. The van der Waals surface area contributed by atoms with Crippen LogP contribution in [0, 0.1) is 24.2 Å². The molecule has 0 amide bonds. The molecule has 7 atom stereocenters. The third kappa shape index (κ3) is 6.47. The molecule has 0 spiro atoms. The zero-order chi connectivity index (χ0) is 26.1. The number of Topliss-reactive ketones (excluding diaryl/α,β-unsaturated/α-hetero) is 1. The number of thiazole rings is 1. The Morgan fingerprint density at radius 3 is 2.51 bits per heavy atom. The first-order valence-corrected chi connectivity index (χ1v) is 13.2. The molecule has 2 aliphatic rings. The number of ether oxygens (including phenoxy) is 2. The zero-order valence-electron chi connectivity index (χ0n) is 21.8. The van der Waals surface area contributed by atoms with E-state index in [4.69, 9.17) is 9.47 Å². The molecule has 1 unspecified atom stereocenters. The van der Waals surface area contributed by atoms with Gasteiger partial charge in [-0.25, -0.2) is 4.98 Å². The Bertz CT molecular complexity index is 996. The lowest BCUT2D eigenvalue weighted by Gasteiger charge is -2.34. The average Bonchev–Trinajstić information content (AvgIpc) is 3.35. The van der Waals surface area contributed by atoms with E-state index >= 15 is 0 Å². The topological polar surface area (TPSA) is 106 Å². The van der Waals surface area contributed by atoms with Crippen LogP contribution in [0.2, 0.25) is 0 Å². The molecule has 0 aromatic carbocycles. The number of cyclic esters (lactones) is 1. The fourth-order valence-electron chi connectivity index (χ4n) is 5.02. The van der Waals surface area contributed by atoms with Crippen LogP contribution in [0.15, 0.2) is 22.6 Å². The predicted octanol–water partition coefficient (Wildman–Crippen LogP) is 4.25. The number of carbonyl (C=O) groups is 2. The summed E-state index contributed by atoms with van der Waals surface area (Å²) in [5, 5.41) is 24.7. The van der Waals surface area contributed by atoms with E-state index in [0.29, 0.717) is 0 Å². The highest BCUT2D eigenvalue weighted by Crippen LogP contribution is 2.38. The number of aryl methyl sites for hydroxylation is 1. The van der Waals surface area contributed by atoms with Crippen LogP contribution in [-0.2, 0) is 19.1 Å². The first kappa shape index (κ1) is 27.7. The lowest BCUT2D eigenvalue weighted by atomic mass is 9.73. The average molecular weight is 506 g/mol. The van der Waals surface area contributed by atoms with Gasteiger partial charge in [0, 0.05) is 17.7 Å². The first-order chi connectivity index (χ1) is 16.3. The number of hydrogen-bond acceptors (Lipinski definition) is 8. The quantitative estimate of drug-likeness (QED) is 0.457. The number of ketones is 1. The van der Waals surface area contributed by atoms with Crippen molar-refractivity contribution in [2.75, 3.05) is 0 Å². The van der Waals surface area contributed by atoms with Gasteiger partial charge in [-0.1, -0.05) is 33.8 Å². The Morgan fingerprint density at radius 2 is 1.89 bits per heavy atom. The summed E-state index contributed by atoms with van der Waals surface area (Å²) >= 11 is 1.53. The second-order valence-electron chi connectivity index (χ2n) is 10.8. The van der Waals surface area contributed by atoms with Crippen LogP contribution in [0.25, 0.3) is 6.08 Å². The van der Waals surface area contributed by atoms with Crippen molar-refractivity contribution < 1.29 is 29.3 Å². The van der Waals surface area contributed by atoms with Crippen molar-refractivity contribution in [3.63, 3.8) is 0 Å². The monoisotopic (exact) mass is 505 g/mol. The van der Waals surface area contributed by atoms with E-state index in [2.05, 4.69) is 11.9 Å². The fourth-order valence-corrected chi connectivity index (χ4v) is 5.59. The van der Waals surface area contributed by atoms with Crippen molar-refractivity contribution >= 4 is 29.2 Å². The van der Waals surface area contributed by atoms with Gasteiger partial charge in [-0.3, -0.25) is 9.59 Å². The number of aliphatic hydroxyl groups is 2. The molecule has 0 radical (unpaired) electrons. The minimum absolute atomic E-state index is 0.141. The van der Waals surface area contributed by atoms with Crippen LogP contribution < -0.4 is 0 Å². The Labute approximate surface area is 212 Å². The van der Waals surface area contributed by atoms with E-state index in [9.17, 15) is 19.8 Å². The smallest absolute Gasteiger partial charge is 0.309 e. The molecule has 3 heterocycles. The number of rotatable bonds is 2. The molecule has 8 heteroatoms. The van der Waals surface area contributed by atoms with Gasteiger partial charge in [0.05, 0.1) is 47.0 Å². The SMILES string of the molecule is C/C1=C\[C@@H]2C[C@H](C)[C@H](O2)[C@@H](C)C(=O)C(C)(C)[C@@H](O)CC(=O)O[C@H](/C(C)=C/c2csc(C)n2)CC1O. The van der Waals surface area contributed by atoms with Crippen molar-refractivity contribution in [2.45, 2.75) is 98.2 Å². The van der Waals surface area contributed by atoms with Gasteiger partial charge in [-0.05, 0) is 50.3 Å². The lowest BCUT2D eigenvalue weighted by molar-refractivity contribution is -0.155. The third-order valence-electron chi connectivity index (χ3n) is 7.44. The zero-order valence-corrected chi connectivity index (χ0v) is 22.6. The maximum Gasteiger partial charge on any atom is 0.309 e. The van der Waals surface area contributed by atoms with Gasteiger partial charge in [0.2, 0.25) is 0 Å². The number of aliphatic hydroxyl groups excluding tert-OH is 2. The van der Waals surface area contributed by atoms with Gasteiger partial charge in [0.25, 0.3) is 0 Å². The summed E-state index contributed by atoms with van der Waals surface area (Å²) in [6.45, 7) is 12.8. The third-order valence-corrected chi connectivity index (χ3v) is 8.23. The molecule has 194 valence electrons. The Kier molecular flexibility index (Phi) is 8.73. The van der Waals surface area contributed by atoms with Crippen LogP contribution in [-0.4, -0.2) is 57.5 Å². The van der Waals surface area contributed by atoms with E-state index in [-0.39, 0.29) is 36.8 Å². The predicted molar refractivity (Wildman–Crippen MR) is 136 cm³/mol. The molecule has 0 saturated carbocycles. The molecular formula is C27H39NO6S. The summed E-state index contributed by atoms with van der Waals surface area (Å²) in [6.07, 6.45) is 1.07. The van der Waals surface area contributed by atoms with Gasteiger partial charge in [0.1, 0.15) is 11.9 Å². The normalized spacial score (nSPS) is 36.7. The van der Waals surface area contributed by atoms with Crippen molar-refractivity contribution in [2.24, 2.45) is 17.3 Å². The van der Waals surface area contributed by atoms with Gasteiger partial charge < -0.3 is 19.7 Å². The summed E-state index contributed by atoms with van der Waals surface area (Å²) in [7, 11) is 0. The molecule has 1 saturated heterocycles. The van der Waals surface area contributed by atoms with E-state index in [1.165, 1.54) is 11.3 Å². The number of aromatic nitrogens is 1. The van der Waals surface area contributed by atoms with Crippen LogP contribution in [0.4, 0.5) is 0 Å². The lowest BCUT2D eigenvalue weighted by Crippen LogP contribution is -2.45. The molecule has 1 aromatic rings. The van der Waals surface area contributed by atoms with Crippen LogP contribution in [0.5, 0.6) is 0 Å². The molecule has 2 aliphatic heterocycles. The molecule has 35 heavy (non-hydrogen) atoms. The Morgan fingerprint density at radius 1 is 1.20 bits per heavy atom. The molecule has 3 rings (SSSR count). The summed E-state index contributed by atoms with van der Waals surface area (Å²) < 4.78 is 12.0. The van der Waals surface area contributed by atoms with Crippen molar-refractivity contribution in [1.29, 1.82) is 0 Å². The molecule has 7 nitrogen and oxygen atoms in total. The van der Waals surface area contributed by atoms with E-state index < -0.39 is 35.6 Å². The van der Waals surface area contributed by atoms with Crippen LogP contribution in [0.3, 0.4) is 0 Å². The standard InChI is InChI=1S/C27H39NO6S/c1-14-9-20-10-16(3)25(33-20)17(4)26(32)27(6,7)23(30)12-24(31)34-22(11-21(14)29)15(2)8-19-13-35-18(5)28-19/h8-9,13,16-17,20-23,25,29-30H,10-12H2,1-7H3/b14-9+,15-8+/t16-,17+,20+,21?,22-,23-,25-/m0/s1. The molecule has 0 aliphatic carbocycles. The minimum Gasteiger partial charge on any atom is -0.458 e. The fraction of sp³-hybridized carbons (Fsp3) is 0.667.